The molecule has 0 spiro atoms. The zero-order valence-corrected chi connectivity index (χ0v) is 20.1. The lowest BCUT2D eigenvalue weighted by atomic mass is 9.97. The van der Waals surface area contributed by atoms with E-state index in [1.54, 1.807) is 30.5 Å². The van der Waals surface area contributed by atoms with Gasteiger partial charge in [0.2, 0.25) is 0 Å². The molecule has 174 valence electrons. The molecule has 5 rings (SSSR count). The van der Waals surface area contributed by atoms with E-state index in [4.69, 9.17) is 21.3 Å². The molecule has 35 heavy (non-hydrogen) atoms. The van der Waals surface area contributed by atoms with Crippen molar-refractivity contribution in [2.24, 2.45) is 0 Å². The largest absolute Gasteiger partial charge is 0.491 e. The molecule has 0 unspecified atom stereocenters. The number of nitrogens with zero attached hydrogens (tertiary/aromatic N) is 2. The Hall–Kier alpha value is -3.96. The van der Waals surface area contributed by atoms with Crippen LogP contribution in [0.2, 0.25) is 5.02 Å². The highest BCUT2D eigenvalue weighted by atomic mass is 35.5. The number of benzene rings is 3. The van der Waals surface area contributed by atoms with Gasteiger partial charge >= 0.3 is 0 Å². The van der Waals surface area contributed by atoms with Gasteiger partial charge in [0.15, 0.2) is 0 Å². The molecule has 0 saturated heterocycles. The third-order valence-corrected chi connectivity index (χ3v) is 6.07. The summed E-state index contributed by atoms with van der Waals surface area (Å²) in [5, 5.41) is 0.646. The van der Waals surface area contributed by atoms with Crippen molar-refractivity contribution in [1.29, 1.82) is 0 Å². The van der Waals surface area contributed by atoms with Gasteiger partial charge in [0.25, 0.3) is 11.8 Å². The SMILES string of the molecule is CC(C)Oc1ccc(-c2cc(CN3C(=O)c4ccccc4C3=O)cnc2-c2ccc(Cl)cc2)cc1. The topological polar surface area (TPSA) is 59.5 Å². The Kier molecular flexibility index (Phi) is 6.10. The van der Waals surface area contributed by atoms with Crippen LogP contribution in [0.5, 0.6) is 5.75 Å². The summed E-state index contributed by atoms with van der Waals surface area (Å²) in [7, 11) is 0. The van der Waals surface area contributed by atoms with Crippen LogP contribution in [0, 0.1) is 0 Å². The predicted molar refractivity (Wildman–Crippen MR) is 137 cm³/mol. The van der Waals surface area contributed by atoms with E-state index >= 15 is 0 Å². The van der Waals surface area contributed by atoms with E-state index in [1.807, 2.05) is 68.4 Å². The maximum atomic E-state index is 12.9. The maximum Gasteiger partial charge on any atom is 0.261 e. The summed E-state index contributed by atoms with van der Waals surface area (Å²) >= 11 is 6.10. The van der Waals surface area contributed by atoms with Crippen LogP contribution in [0.25, 0.3) is 22.4 Å². The van der Waals surface area contributed by atoms with Gasteiger partial charge in [0.05, 0.1) is 29.5 Å². The number of ether oxygens (including phenoxy) is 1. The van der Waals surface area contributed by atoms with Gasteiger partial charge in [0, 0.05) is 22.3 Å². The third kappa shape index (κ3) is 4.55. The van der Waals surface area contributed by atoms with E-state index < -0.39 is 0 Å². The second-order valence-corrected chi connectivity index (χ2v) is 9.12. The number of imide groups is 1. The van der Waals surface area contributed by atoms with E-state index in [2.05, 4.69) is 0 Å². The van der Waals surface area contributed by atoms with Crippen LogP contribution < -0.4 is 4.74 Å². The van der Waals surface area contributed by atoms with E-state index in [0.29, 0.717) is 16.1 Å². The quantitative estimate of drug-likeness (QED) is 0.288. The van der Waals surface area contributed by atoms with Crippen molar-refractivity contribution in [3.8, 4) is 28.1 Å². The fraction of sp³-hybridized carbons (Fsp3) is 0.138. The van der Waals surface area contributed by atoms with Gasteiger partial charge in [-0.3, -0.25) is 19.5 Å². The van der Waals surface area contributed by atoms with Crippen molar-refractivity contribution in [3.05, 3.63) is 107 Å². The molecule has 0 N–H and O–H groups in total. The van der Waals surface area contributed by atoms with Crippen molar-refractivity contribution in [1.82, 2.24) is 9.88 Å². The van der Waals surface area contributed by atoms with E-state index in [1.165, 1.54) is 4.90 Å². The van der Waals surface area contributed by atoms with Crippen molar-refractivity contribution in [2.75, 3.05) is 0 Å². The van der Waals surface area contributed by atoms with Crippen LogP contribution in [-0.4, -0.2) is 27.8 Å². The second kappa shape index (κ2) is 9.35. The first kappa shape index (κ1) is 22.8. The Bertz CT molecular complexity index is 1380. The molecule has 0 fully saturated rings. The van der Waals surface area contributed by atoms with Crippen molar-refractivity contribution < 1.29 is 14.3 Å². The molecule has 1 aliphatic heterocycles. The van der Waals surface area contributed by atoms with Gasteiger partial charge in [-0.05, 0) is 67.4 Å². The summed E-state index contributed by atoms with van der Waals surface area (Å²) in [5.74, 6) is 0.208. The van der Waals surface area contributed by atoms with Crippen LogP contribution in [-0.2, 0) is 6.54 Å². The number of amides is 2. The number of hydrogen-bond donors (Lipinski definition) is 0. The van der Waals surface area contributed by atoms with Crippen LogP contribution in [0.3, 0.4) is 0 Å². The molecule has 0 bridgehead atoms. The molecule has 4 aromatic rings. The van der Waals surface area contributed by atoms with Gasteiger partial charge in [-0.2, -0.15) is 0 Å². The summed E-state index contributed by atoms with van der Waals surface area (Å²) in [5.41, 5.74) is 5.16. The first-order chi connectivity index (χ1) is 16.9. The number of halogens is 1. The van der Waals surface area contributed by atoms with Gasteiger partial charge in [0.1, 0.15) is 5.75 Å². The lowest BCUT2D eigenvalue weighted by molar-refractivity contribution is 0.0642. The maximum absolute atomic E-state index is 12.9. The molecule has 1 aromatic heterocycles. The Morgan fingerprint density at radius 2 is 1.43 bits per heavy atom. The molecule has 6 heteroatoms. The highest BCUT2D eigenvalue weighted by Gasteiger charge is 2.35. The lowest BCUT2D eigenvalue weighted by Gasteiger charge is -2.17. The molecule has 0 aliphatic carbocycles. The molecule has 1 aliphatic rings. The smallest absolute Gasteiger partial charge is 0.261 e. The molecule has 3 aromatic carbocycles. The van der Waals surface area contributed by atoms with Crippen LogP contribution >= 0.6 is 11.6 Å². The third-order valence-electron chi connectivity index (χ3n) is 5.82. The zero-order valence-electron chi connectivity index (χ0n) is 19.4. The molecular formula is C29H23ClN2O3. The fourth-order valence-electron chi connectivity index (χ4n) is 4.20. The Balaban J connectivity index is 1.53. The van der Waals surface area contributed by atoms with Crippen molar-refractivity contribution in [2.45, 2.75) is 26.5 Å². The van der Waals surface area contributed by atoms with Crippen LogP contribution in [0.4, 0.5) is 0 Å². The Labute approximate surface area is 209 Å². The summed E-state index contributed by atoms with van der Waals surface area (Å²) in [4.78, 5) is 31.8. The number of carbonyl (C=O) groups excluding carboxylic acids is 2. The number of aromatic nitrogens is 1. The van der Waals surface area contributed by atoms with Crippen molar-refractivity contribution in [3.63, 3.8) is 0 Å². The minimum atomic E-state index is -0.288. The second-order valence-electron chi connectivity index (χ2n) is 8.68. The van der Waals surface area contributed by atoms with Crippen LogP contribution in [0.1, 0.15) is 40.1 Å². The summed E-state index contributed by atoms with van der Waals surface area (Å²) in [6, 6.07) is 24.2. The molecule has 0 saturated carbocycles. The first-order valence-corrected chi connectivity index (χ1v) is 11.8. The molecular weight excluding hydrogens is 460 g/mol. The van der Waals surface area contributed by atoms with E-state index in [-0.39, 0.29) is 24.5 Å². The average molecular weight is 483 g/mol. The number of rotatable bonds is 6. The predicted octanol–water partition coefficient (Wildman–Crippen LogP) is 6.65. The monoisotopic (exact) mass is 482 g/mol. The minimum absolute atomic E-state index is 0.0788. The Morgan fingerprint density at radius 3 is 2.03 bits per heavy atom. The van der Waals surface area contributed by atoms with Gasteiger partial charge < -0.3 is 4.74 Å². The Morgan fingerprint density at radius 1 is 0.829 bits per heavy atom. The molecule has 5 nitrogen and oxygen atoms in total. The number of fused-ring (bicyclic) bond motifs is 1. The van der Waals surface area contributed by atoms with E-state index in [0.717, 1.165) is 33.7 Å². The van der Waals surface area contributed by atoms with Gasteiger partial charge in [-0.25, -0.2) is 0 Å². The standard InChI is InChI=1S/C29H23ClN2O3/c1-18(2)35-23-13-9-20(10-14-23)26-15-19(16-31-27(26)21-7-11-22(30)12-8-21)17-32-28(33)24-5-3-4-6-25(24)29(32)34/h3-16,18H,17H2,1-2H3. The number of carbonyl (C=O) groups is 2. The summed E-state index contributed by atoms with van der Waals surface area (Å²) in [6.07, 6.45) is 1.79. The highest BCUT2D eigenvalue weighted by molar-refractivity contribution is 6.30. The first-order valence-electron chi connectivity index (χ1n) is 11.4. The normalized spacial score (nSPS) is 12.9. The van der Waals surface area contributed by atoms with Gasteiger partial charge in [-0.15, -0.1) is 0 Å². The summed E-state index contributed by atoms with van der Waals surface area (Å²) < 4.78 is 5.79. The number of hydrogen-bond acceptors (Lipinski definition) is 4. The van der Waals surface area contributed by atoms with Crippen molar-refractivity contribution >= 4 is 23.4 Å². The summed E-state index contributed by atoms with van der Waals surface area (Å²) in [6.45, 7) is 4.11. The minimum Gasteiger partial charge on any atom is -0.491 e. The van der Waals surface area contributed by atoms with Gasteiger partial charge in [-0.1, -0.05) is 48.0 Å². The molecule has 0 radical (unpaired) electrons. The average Bonchev–Trinajstić information content (AvgIpc) is 3.10. The molecule has 2 heterocycles. The van der Waals surface area contributed by atoms with Crippen LogP contribution in [0.15, 0.2) is 85.1 Å². The van der Waals surface area contributed by atoms with E-state index in [9.17, 15) is 9.59 Å². The molecule has 0 atom stereocenters. The fourth-order valence-corrected chi connectivity index (χ4v) is 4.33. The number of pyridine rings is 1. The molecule has 2 amide bonds. The zero-order chi connectivity index (χ0) is 24.5. The lowest BCUT2D eigenvalue weighted by Crippen LogP contribution is -2.29. The highest BCUT2D eigenvalue weighted by Crippen LogP contribution is 2.34.